The van der Waals surface area contributed by atoms with Crippen molar-refractivity contribution in [2.45, 2.75) is 78.6 Å². The summed E-state index contributed by atoms with van der Waals surface area (Å²) in [6.07, 6.45) is 11.1. The molecule has 0 aromatic heterocycles. The van der Waals surface area contributed by atoms with Crippen molar-refractivity contribution >= 4 is 11.1 Å². The summed E-state index contributed by atoms with van der Waals surface area (Å²) in [6.45, 7) is 6.88. The van der Waals surface area contributed by atoms with E-state index in [1.807, 2.05) is 0 Å². The second-order valence-corrected chi connectivity index (χ2v) is 7.29. The van der Waals surface area contributed by atoms with Crippen LogP contribution in [-0.2, 0) is 6.42 Å². The normalized spacial score (nSPS) is 12.1. The third-order valence-electron chi connectivity index (χ3n) is 5.19. The van der Waals surface area contributed by atoms with Crippen LogP contribution in [0.2, 0.25) is 0 Å². The van der Waals surface area contributed by atoms with Gasteiger partial charge >= 0.3 is 0 Å². The van der Waals surface area contributed by atoms with Gasteiger partial charge in [-0.1, -0.05) is 94.6 Å². The molecule has 140 valence electrons. The molecule has 0 unspecified atom stereocenters. The van der Waals surface area contributed by atoms with E-state index in [-0.39, 0.29) is 0 Å². The molecule has 0 aliphatic rings. The fourth-order valence-corrected chi connectivity index (χ4v) is 3.66. The molecule has 2 rings (SSSR count). The van der Waals surface area contributed by atoms with E-state index in [9.17, 15) is 0 Å². The Morgan fingerprint density at radius 3 is 1.85 bits per heavy atom. The Kier molecular flexibility index (Phi) is 9.24. The topological polar surface area (TPSA) is 0 Å². The third kappa shape index (κ3) is 5.87. The van der Waals surface area contributed by atoms with E-state index in [4.69, 9.17) is 0 Å². The van der Waals surface area contributed by atoms with Gasteiger partial charge in [0.2, 0.25) is 0 Å². The molecule has 0 saturated carbocycles. The van der Waals surface area contributed by atoms with Gasteiger partial charge in [-0.25, -0.2) is 0 Å². The first kappa shape index (κ1) is 20.5. The lowest BCUT2D eigenvalue weighted by atomic mass is 9.85. The molecule has 26 heavy (non-hydrogen) atoms. The standard InChI is InChI=1S/C26H36/c1-4-7-15-22-18-13-14-21-25(22)26(20-9-6-3)24(19-8-5-2)23-16-11-10-12-17-23/h10-14,16-18,21H,4-9,15,19-20H2,1-3H3. The van der Waals surface area contributed by atoms with Crippen molar-refractivity contribution in [3.63, 3.8) is 0 Å². The van der Waals surface area contributed by atoms with Gasteiger partial charge in [-0.3, -0.25) is 0 Å². The Morgan fingerprint density at radius 2 is 1.19 bits per heavy atom. The van der Waals surface area contributed by atoms with Gasteiger partial charge < -0.3 is 0 Å². The molecule has 2 aromatic rings. The first-order chi connectivity index (χ1) is 12.8. The van der Waals surface area contributed by atoms with E-state index in [0.29, 0.717) is 0 Å². The summed E-state index contributed by atoms with van der Waals surface area (Å²) >= 11 is 0. The van der Waals surface area contributed by atoms with Gasteiger partial charge in [-0.15, -0.1) is 0 Å². The van der Waals surface area contributed by atoms with Crippen molar-refractivity contribution < 1.29 is 0 Å². The lowest BCUT2D eigenvalue weighted by Gasteiger charge is -2.19. The quantitative estimate of drug-likeness (QED) is 0.358. The number of aryl methyl sites for hydroxylation is 1. The molecule has 0 heterocycles. The Hall–Kier alpha value is -1.82. The highest BCUT2D eigenvalue weighted by atomic mass is 14.2. The number of benzene rings is 2. The maximum Gasteiger partial charge on any atom is -0.0189 e. The summed E-state index contributed by atoms with van der Waals surface area (Å²) in [5.41, 5.74) is 7.62. The number of hydrogen-bond acceptors (Lipinski definition) is 0. The number of allylic oxidation sites excluding steroid dienone is 2. The zero-order valence-corrected chi connectivity index (χ0v) is 17.1. The molecule has 0 aliphatic heterocycles. The van der Waals surface area contributed by atoms with Crippen LogP contribution in [-0.4, -0.2) is 0 Å². The van der Waals surface area contributed by atoms with Crippen LogP contribution in [0.4, 0.5) is 0 Å². The summed E-state index contributed by atoms with van der Waals surface area (Å²) in [4.78, 5) is 0. The van der Waals surface area contributed by atoms with Crippen LogP contribution < -0.4 is 0 Å². The van der Waals surface area contributed by atoms with Crippen LogP contribution in [0.25, 0.3) is 11.1 Å². The van der Waals surface area contributed by atoms with Gasteiger partial charge in [0.25, 0.3) is 0 Å². The lowest BCUT2D eigenvalue weighted by molar-refractivity contribution is 0.787. The first-order valence-electron chi connectivity index (χ1n) is 10.7. The molecule has 0 nitrogen and oxygen atoms in total. The molecule has 0 aliphatic carbocycles. The van der Waals surface area contributed by atoms with E-state index in [0.717, 1.165) is 0 Å². The maximum absolute atomic E-state index is 2.37. The van der Waals surface area contributed by atoms with Crippen LogP contribution in [0.15, 0.2) is 54.6 Å². The average molecular weight is 349 g/mol. The minimum atomic E-state index is 1.18. The van der Waals surface area contributed by atoms with Crippen molar-refractivity contribution in [1.82, 2.24) is 0 Å². The zero-order valence-electron chi connectivity index (χ0n) is 17.1. The zero-order chi connectivity index (χ0) is 18.6. The van der Waals surface area contributed by atoms with Gasteiger partial charge in [0.15, 0.2) is 0 Å². The molecule has 0 N–H and O–H groups in total. The minimum Gasteiger partial charge on any atom is -0.0654 e. The van der Waals surface area contributed by atoms with Crippen molar-refractivity contribution in [3.8, 4) is 0 Å². The summed E-state index contributed by atoms with van der Waals surface area (Å²) < 4.78 is 0. The maximum atomic E-state index is 2.37. The largest absolute Gasteiger partial charge is 0.0654 e. The molecule has 2 aromatic carbocycles. The summed E-state index contributed by atoms with van der Waals surface area (Å²) in [7, 11) is 0. The molecule has 0 bridgehead atoms. The number of rotatable bonds is 11. The SMILES string of the molecule is CCCCC(=C(CCCC)c1ccccc1CCCC)c1ccccc1. The second-order valence-electron chi connectivity index (χ2n) is 7.29. The Morgan fingerprint density at radius 1 is 0.615 bits per heavy atom. The predicted molar refractivity (Wildman–Crippen MR) is 117 cm³/mol. The lowest BCUT2D eigenvalue weighted by Crippen LogP contribution is -1.99. The Balaban J connectivity index is 2.56. The van der Waals surface area contributed by atoms with Crippen LogP contribution in [0.3, 0.4) is 0 Å². The molecule has 0 radical (unpaired) electrons. The van der Waals surface area contributed by atoms with E-state index >= 15 is 0 Å². The highest BCUT2D eigenvalue weighted by molar-refractivity contribution is 5.91. The molecule has 0 amide bonds. The molecule has 0 fully saturated rings. The third-order valence-corrected chi connectivity index (χ3v) is 5.19. The van der Waals surface area contributed by atoms with Crippen LogP contribution in [0.5, 0.6) is 0 Å². The van der Waals surface area contributed by atoms with Crippen LogP contribution in [0.1, 0.15) is 88.8 Å². The van der Waals surface area contributed by atoms with Crippen LogP contribution in [0, 0.1) is 0 Å². The van der Waals surface area contributed by atoms with Crippen LogP contribution >= 0.6 is 0 Å². The summed E-state index contributed by atoms with van der Waals surface area (Å²) in [5.74, 6) is 0. The summed E-state index contributed by atoms with van der Waals surface area (Å²) in [5, 5.41) is 0. The van der Waals surface area contributed by atoms with Gasteiger partial charge in [0.05, 0.1) is 0 Å². The first-order valence-corrected chi connectivity index (χ1v) is 10.7. The average Bonchev–Trinajstić information content (AvgIpc) is 2.70. The number of hydrogen-bond donors (Lipinski definition) is 0. The molecule has 0 saturated heterocycles. The fourth-order valence-electron chi connectivity index (χ4n) is 3.66. The van der Waals surface area contributed by atoms with Gasteiger partial charge in [0.1, 0.15) is 0 Å². The summed E-state index contributed by atoms with van der Waals surface area (Å²) in [6, 6.07) is 20.2. The van der Waals surface area contributed by atoms with E-state index in [1.165, 1.54) is 74.5 Å². The highest BCUT2D eigenvalue weighted by Gasteiger charge is 2.14. The Bertz CT molecular complexity index is 663. The van der Waals surface area contributed by atoms with Crippen molar-refractivity contribution in [2.75, 3.05) is 0 Å². The van der Waals surface area contributed by atoms with Gasteiger partial charge in [-0.05, 0) is 66.4 Å². The van der Waals surface area contributed by atoms with Crippen molar-refractivity contribution in [2.24, 2.45) is 0 Å². The van der Waals surface area contributed by atoms with E-state index in [1.54, 1.807) is 11.1 Å². The molecule has 0 atom stereocenters. The predicted octanol–water partition coefficient (Wildman–Crippen LogP) is 8.32. The number of unbranched alkanes of at least 4 members (excludes halogenated alkanes) is 3. The minimum absolute atomic E-state index is 1.18. The fraction of sp³-hybridized carbons (Fsp3) is 0.462. The van der Waals surface area contributed by atoms with Crippen molar-refractivity contribution in [3.05, 3.63) is 71.3 Å². The second kappa shape index (κ2) is 11.7. The van der Waals surface area contributed by atoms with E-state index in [2.05, 4.69) is 75.4 Å². The van der Waals surface area contributed by atoms with Gasteiger partial charge in [0, 0.05) is 0 Å². The molecular weight excluding hydrogens is 312 g/mol. The van der Waals surface area contributed by atoms with Gasteiger partial charge in [-0.2, -0.15) is 0 Å². The van der Waals surface area contributed by atoms with E-state index < -0.39 is 0 Å². The molecule has 0 spiro atoms. The monoisotopic (exact) mass is 348 g/mol. The highest BCUT2D eigenvalue weighted by Crippen LogP contribution is 2.35. The Labute approximate surface area is 161 Å². The smallest absolute Gasteiger partial charge is 0.0189 e. The molecular formula is C26H36. The van der Waals surface area contributed by atoms with Crippen molar-refractivity contribution in [1.29, 1.82) is 0 Å². The molecule has 0 heteroatoms.